The Hall–Kier alpha value is -3.75. The monoisotopic (exact) mass is 384 g/mol. The SMILES string of the molecule is CC1Oc2ccc(NC(=O)c3ccn(-c4c(F)cccc4F)n3)cc2NC1=O. The Morgan fingerprint density at radius 1 is 1.21 bits per heavy atom. The predicted molar refractivity (Wildman–Crippen MR) is 96.6 cm³/mol. The van der Waals surface area contributed by atoms with Crippen molar-refractivity contribution < 1.29 is 23.1 Å². The summed E-state index contributed by atoms with van der Waals surface area (Å²) < 4.78 is 34.1. The van der Waals surface area contributed by atoms with E-state index in [0.29, 0.717) is 17.1 Å². The number of carbonyl (C=O) groups is 2. The number of amides is 2. The van der Waals surface area contributed by atoms with Gasteiger partial charge in [0.15, 0.2) is 23.4 Å². The van der Waals surface area contributed by atoms with Crippen molar-refractivity contribution in [1.82, 2.24) is 9.78 Å². The smallest absolute Gasteiger partial charge is 0.276 e. The fraction of sp³-hybridized carbons (Fsp3) is 0.105. The van der Waals surface area contributed by atoms with E-state index in [0.717, 1.165) is 16.8 Å². The quantitative estimate of drug-likeness (QED) is 0.727. The molecule has 1 unspecified atom stereocenters. The summed E-state index contributed by atoms with van der Waals surface area (Å²) in [6.45, 7) is 1.63. The Bertz CT molecular complexity index is 1080. The molecule has 28 heavy (non-hydrogen) atoms. The Labute approximate surface area is 157 Å². The summed E-state index contributed by atoms with van der Waals surface area (Å²) in [4.78, 5) is 24.1. The van der Waals surface area contributed by atoms with Crippen molar-refractivity contribution >= 4 is 23.2 Å². The molecule has 0 fully saturated rings. The molecule has 3 aromatic rings. The van der Waals surface area contributed by atoms with Crippen molar-refractivity contribution in [3.8, 4) is 11.4 Å². The molecule has 1 atom stereocenters. The molecule has 2 heterocycles. The maximum absolute atomic E-state index is 13.9. The van der Waals surface area contributed by atoms with Crippen molar-refractivity contribution in [3.63, 3.8) is 0 Å². The van der Waals surface area contributed by atoms with Crippen molar-refractivity contribution in [2.45, 2.75) is 13.0 Å². The van der Waals surface area contributed by atoms with Crippen LogP contribution in [0.5, 0.6) is 5.75 Å². The van der Waals surface area contributed by atoms with Crippen molar-refractivity contribution in [3.05, 3.63) is 66.0 Å². The van der Waals surface area contributed by atoms with Crippen LogP contribution in [0.25, 0.3) is 5.69 Å². The van der Waals surface area contributed by atoms with Crippen LogP contribution in [0, 0.1) is 11.6 Å². The van der Waals surface area contributed by atoms with Crippen LogP contribution in [0.2, 0.25) is 0 Å². The first-order valence-corrected chi connectivity index (χ1v) is 8.35. The van der Waals surface area contributed by atoms with Crippen molar-refractivity contribution in [1.29, 1.82) is 0 Å². The van der Waals surface area contributed by atoms with E-state index in [1.807, 2.05) is 0 Å². The number of fused-ring (bicyclic) bond motifs is 1. The summed E-state index contributed by atoms with van der Waals surface area (Å²) in [5, 5.41) is 9.24. The molecular weight excluding hydrogens is 370 g/mol. The Morgan fingerprint density at radius 2 is 1.96 bits per heavy atom. The maximum Gasteiger partial charge on any atom is 0.276 e. The normalized spacial score (nSPS) is 15.4. The number of anilines is 2. The van der Waals surface area contributed by atoms with Gasteiger partial charge in [-0.15, -0.1) is 0 Å². The summed E-state index contributed by atoms with van der Waals surface area (Å²) >= 11 is 0. The van der Waals surface area contributed by atoms with E-state index in [1.165, 1.54) is 18.3 Å². The molecule has 142 valence electrons. The van der Waals surface area contributed by atoms with E-state index in [2.05, 4.69) is 15.7 Å². The van der Waals surface area contributed by atoms with Gasteiger partial charge in [-0.1, -0.05) is 6.07 Å². The second-order valence-electron chi connectivity index (χ2n) is 6.13. The minimum atomic E-state index is -0.797. The zero-order chi connectivity index (χ0) is 19.8. The van der Waals surface area contributed by atoms with Gasteiger partial charge in [0, 0.05) is 11.9 Å². The molecule has 0 saturated heterocycles. The third kappa shape index (κ3) is 3.18. The molecule has 2 amide bonds. The molecule has 2 N–H and O–H groups in total. The molecule has 0 saturated carbocycles. The second-order valence-corrected chi connectivity index (χ2v) is 6.13. The molecular formula is C19H14F2N4O3. The average Bonchev–Trinajstić information content (AvgIpc) is 3.13. The first-order valence-electron chi connectivity index (χ1n) is 8.35. The van der Waals surface area contributed by atoms with Crippen LogP contribution >= 0.6 is 0 Å². The fourth-order valence-corrected chi connectivity index (χ4v) is 2.76. The van der Waals surface area contributed by atoms with Gasteiger partial charge in [-0.05, 0) is 43.3 Å². The largest absolute Gasteiger partial charge is 0.479 e. The Morgan fingerprint density at radius 3 is 2.71 bits per heavy atom. The molecule has 0 radical (unpaired) electrons. The van der Waals surface area contributed by atoms with E-state index in [1.54, 1.807) is 25.1 Å². The lowest BCUT2D eigenvalue weighted by molar-refractivity contribution is -0.122. The van der Waals surface area contributed by atoms with Gasteiger partial charge < -0.3 is 15.4 Å². The third-order valence-electron chi connectivity index (χ3n) is 4.16. The number of para-hydroxylation sites is 1. The van der Waals surface area contributed by atoms with Crippen LogP contribution in [0.4, 0.5) is 20.2 Å². The zero-order valence-electron chi connectivity index (χ0n) is 14.6. The topological polar surface area (TPSA) is 85.2 Å². The van der Waals surface area contributed by atoms with Gasteiger partial charge in [-0.2, -0.15) is 5.10 Å². The molecule has 4 rings (SSSR count). The molecule has 2 aromatic carbocycles. The van der Waals surface area contributed by atoms with Gasteiger partial charge >= 0.3 is 0 Å². The van der Waals surface area contributed by atoms with Gasteiger partial charge in [0.05, 0.1) is 5.69 Å². The number of carbonyl (C=O) groups excluding carboxylic acids is 2. The molecule has 7 nitrogen and oxygen atoms in total. The van der Waals surface area contributed by atoms with Gasteiger partial charge in [0.25, 0.3) is 11.8 Å². The van der Waals surface area contributed by atoms with Crippen molar-refractivity contribution in [2.75, 3.05) is 10.6 Å². The Balaban J connectivity index is 1.55. The number of benzene rings is 2. The number of ether oxygens (including phenoxy) is 1. The van der Waals surface area contributed by atoms with E-state index < -0.39 is 23.6 Å². The molecule has 1 aliphatic rings. The zero-order valence-corrected chi connectivity index (χ0v) is 14.6. The predicted octanol–water partition coefficient (Wildman–Crippen LogP) is 3.12. The van der Waals surface area contributed by atoms with Crippen molar-refractivity contribution in [2.24, 2.45) is 0 Å². The molecule has 1 aromatic heterocycles. The number of nitrogens with one attached hydrogen (secondary N) is 2. The van der Waals surface area contributed by atoms with E-state index in [-0.39, 0.29) is 17.3 Å². The highest BCUT2D eigenvalue weighted by atomic mass is 19.1. The fourth-order valence-electron chi connectivity index (χ4n) is 2.76. The van der Waals surface area contributed by atoms with E-state index in [9.17, 15) is 18.4 Å². The molecule has 0 bridgehead atoms. The van der Waals surface area contributed by atoms with Crippen LogP contribution in [-0.2, 0) is 4.79 Å². The van der Waals surface area contributed by atoms with E-state index >= 15 is 0 Å². The number of aromatic nitrogens is 2. The minimum Gasteiger partial charge on any atom is -0.479 e. The van der Waals surface area contributed by atoms with Crippen LogP contribution in [0.1, 0.15) is 17.4 Å². The number of nitrogens with zero attached hydrogens (tertiary/aromatic N) is 2. The first kappa shape index (κ1) is 17.7. The van der Waals surface area contributed by atoms with Crippen LogP contribution in [0.3, 0.4) is 0 Å². The second kappa shape index (κ2) is 6.76. The van der Waals surface area contributed by atoms with Gasteiger partial charge in [-0.25, -0.2) is 13.5 Å². The number of rotatable bonds is 3. The summed E-state index contributed by atoms with van der Waals surface area (Å²) in [5.41, 5.74) is 0.423. The lowest BCUT2D eigenvalue weighted by atomic mass is 10.2. The molecule has 0 spiro atoms. The van der Waals surface area contributed by atoms with Gasteiger partial charge in [-0.3, -0.25) is 9.59 Å². The highest BCUT2D eigenvalue weighted by Gasteiger charge is 2.24. The van der Waals surface area contributed by atoms with Crippen LogP contribution in [0.15, 0.2) is 48.7 Å². The molecule has 9 heteroatoms. The first-order chi connectivity index (χ1) is 13.4. The lowest BCUT2D eigenvalue weighted by Gasteiger charge is -2.23. The number of halogens is 2. The van der Waals surface area contributed by atoms with Crippen LogP contribution in [-0.4, -0.2) is 27.7 Å². The van der Waals surface area contributed by atoms with Gasteiger partial charge in [0.2, 0.25) is 0 Å². The summed E-state index contributed by atoms with van der Waals surface area (Å²) in [6.07, 6.45) is 0.689. The maximum atomic E-state index is 13.9. The van der Waals surface area contributed by atoms with E-state index in [4.69, 9.17) is 4.74 Å². The molecule has 1 aliphatic heterocycles. The van der Waals surface area contributed by atoms with Gasteiger partial charge in [0.1, 0.15) is 11.4 Å². The summed E-state index contributed by atoms with van der Waals surface area (Å²) in [6, 6.07) is 9.55. The number of hydrogen-bond donors (Lipinski definition) is 2. The highest BCUT2D eigenvalue weighted by Crippen LogP contribution is 2.32. The Kier molecular flexibility index (Phi) is 4.26. The highest BCUT2D eigenvalue weighted by molar-refractivity contribution is 6.04. The lowest BCUT2D eigenvalue weighted by Crippen LogP contribution is -2.34. The number of hydrogen-bond acceptors (Lipinski definition) is 4. The summed E-state index contributed by atoms with van der Waals surface area (Å²) in [5.74, 6) is -1.97. The third-order valence-corrected chi connectivity index (χ3v) is 4.16. The van der Waals surface area contributed by atoms with Crippen LogP contribution < -0.4 is 15.4 Å². The standard InChI is InChI=1S/C19H14F2N4O3/c1-10-18(26)23-15-9-11(5-6-16(15)28-10)22-19(27)14-7-8-25(24-14)17-12(20)3-2-4-13(17)21/h2-10H,1H3,(H,22,27)(H,23,26). The minimum absolute atomic E-state index is 0.0331. The average molecular weight is 384 g/mol. The summed E-state index contributed by atoms with van der Waals surface area (Å²) in [7, 11) is 0. The molecule has 0 aliphatic carbocycles.